The third kappa shape index (κ3) is 1.07. The Labute approximate surface area is 70.7 Å². The average Bonchev–Trinajstić information content (AvgIpc) is 2.17. The standard InChI is InChI=1S/C10H7O2/c1-2-8-3-4-9-10(7-8)12-6-5-11-9/h2-3,5-7H,1H2. The Morgan fingerprint density at radius 2 is 2.17 bits per heavy atom. The van der Waals surface area contributed by atoms with Gasteiger partial charge in [-0.3, -0.25) is 0 Å². The topological polar surface area (TPSA) is 18.5 Å². The fourth-order valence-corrected chi connectivity index (χ4v) is 0.973. The van der Waals surface area contributed by atoms with Crippen molar-refractivity contribution in [2.75, 3.05) is 0 Å². The predicted octanol–water partition coefficient (Wildman–Crippen LogP) is 2.37. The van der Waals surface area contributed by atoms with Crippen molar-refractivity contribution in [2.24, 2.45) is 0 Å². The molecule has 1 aliphatic heterocycles. The summed E-state index contributed by atoms with van der Waals surface area (Å²) in [5.74, 6) is 1.29. The maximum absolute atomic E-state index is 5.18. The zero-order chi connectivity index (χ0) is 8.39. The molecule has 0 bridgehead atoms. The van der Waals surface area contributed by atoms with E-state index in [9.17, 15) is 0 Å². The van der Waals surface area contributed by atoms with E-state index in [1.54, 1.807) is 12.1 Å². The van der Waals surface area contributed by atoms with Crippen LogP contribution in [-0.4, -0.2) is 0 Å². The normalized spacial score (nSPS) is 12.7. The first kappa shape index (κ1) is 6.98. The average molecular weight is 159 g/mol. The lowest BCUT2D eigenvalue weighted by Crippen LogP contribution is -1.96. The Morgan fingerprint density at radius 3 is 3.00 bits per heavy atom. The van der Waals surface area contributed by atoms with Crippen molar-refractivity contribution in [3.8, 4) is 11.5 Å². The van der Waals surface area contributed by atoms with Gasteiger partial charge in [-0.25, -0.2) is 0 Å². The van der Waals surface area contributed by atoms with Gasteiger partial charge in [0.25, 0.3) is 0 Å². The molecule has 1 radical (unpaired) electrons. The van der Waals surface area contributed by atoms with Gasteiger partial charge in [0.1, 0.15) is 12.5 Å². The Hall–Kier alpha value is -1.70. The molecule has 0 amide bonds. The van der Waals surface area contributed by atoms with Gasteiger partial charge in [-0.15, -0.1) is 0 Å². The van der Waals surface area contributed by atoms with Crippen LogP contribution in [0.3, 0.4) is 0 Å². The first-order valence-corrected chi connectivity index (χ1v) is 3.56. The zero-order valence-electron chi connectivity index (χ0n) is 6.41. The number of hydrogen-bond acceptors (Lipinski definition) is 2. The van der Waals surface area contributed by atoms with E-state index >= 15 is 0 Å². The number of fused-ring (bicyclic) bond motifs is 1. The van der Waals surface area contributed by atoms with E-state index in [1.165, 1.54) is 12.5 Å². The van der Waals surface area contributed by atoms with Gasteiger partial charge in [0.05, 0.1) is 0 Å². The molecule has 0 saturated carbocycles. The molecule has 1 aliphatic rings. The summed E-state index contributed by atoms with van der Waals surface area (Å²) in [5.41, 5.74) is 0.965. The van der Waals surface area contributed by atoms with Crippen molar-refractivity contribution in [3.63, 3.8) is 0 Å². The molecule has 1 heterocycles. The molecule has 59 valence electrons. The lowest BCUT2D eigenvalue weighted by atomic mass is 10.2. The van der Waals surface area contributed by atoms with Gasteiger partial charge in [-0.2, -0.15) is 0 Å². The number of hydrogen-bond donors (Lipinski definition) is 0. The van der Waals surface area contributed by atoms with Crippen molar-refractivity contribution in [1.82, 2.24) is 0 Å². The van der Waals surface area contributed by atoms with Crippen LogP contribution in [0.15, 0.2) is 31.2 Å². The van der Waals surface area contributed by atoms with Crippen LogP contribution in [0.4, 0.5) is 0 Å². The highest BCUT2D eigenvalue weighted by molar-refractivity contribution is 5.54. The fourth-order valence-electron chi connectivity index (χ4n) is 0.973. The fraction of sp³-hybridized carbons (Fsp3) is 0. The van der Waals surface area contributed by atoms with Crippen molar-refractivity contribution in [2.45, 2.75) is 0 Å². The van der Waals surface area contributed by atoms with Crippen LogP contribution < -0.4 is 9.47 Å². The van der Waals surface area contributed by atoms with Crippen molar-refractivity contribution in [3.05, 3.63) is 42.9 Å². The third-order valence-electron chi connectivity index (χ3n) is 1.56. The number of benzene rings is 1. The first-order chi connectivity index (χ1) is 5.90. The molecule has 12 heavy (non-hydrogen) atoms. The molecule has 1 aromatic carbocycles. The van der Waals surface area contributed by atoms with E-state index in [1.807, 2.05) is 6.07 Å². The van der Waals surface area contributed by atoms with Gasteiger partial charge in [0.15, 0.2) is 11.5 Å². The predicted molar refractivity (Wildman–Crippen MR) is 45.8 cm³/mol. The van der Waals surface area contributed by atoms with Crippen LogP contribution in [0.5, 0.6) is 11.5 Å². The second-order valence-electron chi connectivity index (χ2n) is 2.34. The van der Waals surface area contributed by atoms with Crippen molar-refractivity contribution in [1.29, 1.82) is 0 Å². The Morgan fingerprint density at radius 1 is 1.33 bits per heavy atom. The lowest BCUT2D eigenvalue weighted by Gasteiger charge is -2.11. The monoisotopic (exact) mass is 159 g/mol. The molecule has 0 saturated heterocycles. The molecule has 0 aliphatic carbocycles. The number of ether oxygens (including phenoxy) is 2. The van der Waals surface area contributed by atoms with Crippen LogP contribution in [0.1, 0.15) is 5.56 Å². The quantitative estimate of drug-likeness (QED) is 0.626. The molecular weight excluding hydrogens is 152 g/mol. The van der Waals surface area contributed by atoms with E-state index in [-0.39, 0.29) is 0 Å². The third-order valence-corrected chi connectivity index (χ3v) is 1.56. The van der Waals surface area contributed by atoms with Gasteiger partial charge in [0, 0.05) is 6.07 Å². The molecule has 0 N–H and O–H groups in total. The first-order valence-electron chi connectivity index (χ1n) is 3.56. The highest BCUT2D eigenvalue weighted by Crippen LogP contribution is 2.30. The van der Waals surface area contributed by atoms with Crippen LogP contribution in [0, 0.1) is 6.07 Å². The minimum absolute atomic E-state index is 0.614. The molecule has 0 aromatic heterocycles. The van der Waals surface area contributed by atoms with E-state index < -0.39 is 0 Å². The minimum Gasteiger partial charge on any atom is -0.458 e. The zero-order valence-corrected chi connectivity index (χ0v) is 6.41. The molecule has 2 rings (SSSR count). The van der Waals surface area contributed by atoms with E-state index in [0.717, 1.165) is 5.56 Å². The van der Waals surface area contributed by atoms with E-state index in [2.05, 4.69) is 12.6 Å². The molecule has 0 unspecified atom stereocenters. The number of rotatable bonds is 1. The van der Waals surface area contributed by atoms with Crippen molar-refractivity contribution >= 4 is 6.08 Å². The molecule has 1 aromatic rings. The molecular formula is C10H7O2. The smallest absolute Gasteiger partial charge is 0.177 e. The van der Waals surface area contributed by atoms with E-state index in [0.29, 0.717) is 11.5 Å². The SMILES string of the molecule is C=Cc1c[c]c2c(c1)OC=CO2. The van der Waals surface area contributed by atoms with Crippen LogP contribution in [0.2, 0.25) is 0 Å². The van der Waals surface area contributed by atoms with Gasteiger partial charge in [0.2, 0.25) is 0 Å². The summed E-state index contributed by atoms with van der Waals surface area (Å²) < 4.78 is 10.3. The largest absolute Gasteiger partial charge is 0.458 e. The summed E-state index contributed by atoms with van der Waals surface area (Å²) in [7, 11) is 0. The Bertz CT molecular complexity index is 340. The Balaban J connectivity index is 2.46. The minimum atomic E-state index is 0.614. The van der Waals surface area contributed by atoms with Gasteiger partial charge in [-0.1, -0.05) is 12.7 Å². The second kappa shape index (κ2) is 2.74. The second-order valence-corrected chi connectivity index (χ2v) is 2.34. The highest BCUT2D eigenvalue weighted by atomic mass is 16.5. The molecule has 0 atom stereocenters. The summed E-state index contributed by atoms with van der Waals surface area (Å²) in [5, 5.41) is 0. The van der Waals surface area contributed by atoms with E-state index in [4.69, 9.17) is 9.47 Å². The summed E-state index contributed by atoms with van der Waals surface area (Å²) >= 11 is 0. The van der Waals surface area contributed by atoms with Gasteiger partial charge >= 0.3 is 0 Å². The molecule has 0 fully saturated rings. The summed E-state index contributed by atoms with van der Waals surface area (Å²) in [6.07, 6.45) is 4.70. The maximum Gasteiger partial charge on any atom is 0.177 e. The summed E-state index contributed by atoms with van der Waals surface area (Å²) in [6, 6.07) is 6.59. The summed E-state index contributed by atoms with van der Waals surface area (Å²) in [4.78, 5) is 0. The van der Waals surface area contributed by atoms with Crippen molar-refractivity contribution < 1.29 is 9.47 Å². The van der Waals surface area contributed by atoms with Gasteiger partial charge < -0.3 is 9.47 Å². The Kier molecular flexibility index (Phi) is 1.59. The van der Waals surface area contributed by atoms with Crippen LogP contribution >= 0.6 is 0 Å². The maximum atomic E-state index is 5.18. The molecule has 2 heteroatoms. The van der Waals surface area contributed by atoms with Crippen LogP contribution in [0.25, 0.3) is 6.08 Å². The molecule has 0 spiro atoms. The molecule has 2 nitrogen and oxygen atoms in total. The summed E-state index contributed by atoms with van der Waals surface area (Å²) in [6.45, 7) is 3.65. The lowest BCUT2D eigenvalue weighted by molar-refractivity contribution is 0.361. The van der Waals surface area contributed by atoms with Crippen LogP contribution in [-0.2, 0) is 0 Å². The van der Waals surface area contributed by atoms with Gasteiger partial charge in [-0.05, 0) is 17.7 Å². The highest BCUT2D eigenvalue weighted by Gasteiger charge is 2.07.